The van der Waals surface area contributed by atoms with Crippen LogP contribution >= 0.6 is 0 Å². The summed E-state index contributed by atoms with van der Waals surface area (Å²) in [5.41, 5.74) is -1.30. The highest BCUT2D eigenvalue weighted by Gasteiger charge is 2.48. The molecule has 0 aromatic rings. The highest BCUT2D eigenvalue weighted by atomic mass is 16.6. The molecule has 0 aromatic heterocycles. The van der Waals surface area contributed by atoms with Gasteiger partial charge in [0.2, 0.25) is 0 Å². The SMILES string of the molecule is CCOC(=O)/C=C/CC(CC(C)C)C1COC(C)(C)N1C(=O)OC(C)(C)C. The predicted molar refractivity (Wildman–Crippen MR) is 105 cm³/mol. The lowest BCUT2D eigenvalue weighted by molar-refractivity contribution is -0.137. The number of carbonyl (C=O) groups excluding carboxylic acids is 2. The van der Waals surface area contributed by atoms with Crippen LogP contribution in [-0.2, 0) is 19.0 Å². The average Bonchev–Trinajstić information content (AvgIpc) is 2.79. The zero-order valence-electron chi connectivity index (χ0n) is 18.2. The van der Waals surface area contributed by atoms with E-state index in [1.807, 2.05) is 40.7 Å². The first-order chi connectivity index (χ1) is 12.4. The van der Waals surface area contributed by atoms with Crippen molar-refractivity contribution in [3.05, 3.63) is 12.2 Å². The molecule has 1 saturated heterocycles. The van der Waals surface area contributed by atoms with Crippen LogP contribution in [0.4, 0.5) is 4.79 Å². The van der Waals surface area contributed by atoms with Gasteiger partial charge in [-0.15, -0.1) is 0 Å². The van der Waals surface area contributed by atoms with Gasteiger partial charge in [-0.3, -0.25) is 4.90 Å². The summed E-state index contributed by atoms with van der Waals surface area (Å²) in [6, 6.07) is -0.107. The first kappa shape index (κ1) is 23.5. The van der Waals surface area contributed by atoms with Gasteiger partial charge in [0.15, 0.2) is 0 Å². The minimum Gasteiger partial charge on any atom is -0.463 e. The molecule has 156 valence electrons. The maximum absolute atomic E-state index is 12.9. The molecule has 1 amide bonds. The summed E-state index contributed by atoms with van der Waals surface area (Å²) < 4.78 is 16.5. The minimum absolute atomic E-state index is 0.107. The topological polar surface area (TPSA) is 65.1 Å². The molecule has 1 aliphatic rings. The lowest BCUT2D eigenvalue weighted by Gasteiger charge is -2.38. The predicted octanol–water partition coefficient (Wildman–Crippen LogP) is 4.53. The Bertz CT molecular complexity index is 533. The van der Waals surface area contributed by atoms with Crippen molar-refractivity contribution in [2.75, 3.05) is 13.2 Å². The summed E-state index contributed by atoms with van der Waals surface area (Å²) >= 11 is 0. The third kappa shape index (κ3) is 7.53. The molecule has 2 atom stereocenters. The van der Waals surface area contributed by atoms with Crippen LogP contribution in [0.2, 0.25) is 0 Å². The summed E-state index contributed by atoms with van der Waals surface area (Å²) in [6.45, 7) is 16.3. The van der Waals surface area contributed by atoms with E-state index in [1.54, 1.807) is 11.8 Å². The molecule has 0 radical (unpaired) electrons. The largest absolute Gasteiger partial charge is 0.463 e. The van der Waals surface area contributed by atoms with Crippen LogP contribution in [0.25, 0.3) is 0 Å². The third-order valence-corrected chi connectivity index (χ3v) is 4.41. The van der Waals surface area contributed by atoms with Crippen molar-refractivity contribution >= 4 is 12.1 Å². The average molecular weight is 384 g/mol. The fourth-order valence-electron chi connectivity index (χ4n) is 3.39. The van der Waals surface area contributed by atoms with Crippen LogP contribution in [-0.4, -0.2) is 47.5 Å². The Balaban J connectivity index is 3.00. The normalized spacial score (nSPS) is 20.9. The molecule has 0 saturated carbocycles. The molecule has 0 spiro atoms. The maximum atomic E-state index is 12.9. The van der Waals surface area contributed by atoms with E-state index >= 15 is 0 Å². The molecule has 2 unspecified atom stereocenters. The molecule has 1 heterocycles. The number of esters is 1. The second-order valence-electron chi connectivity index (χ2n) is 8.96. The Labute approximate surface area is 164 Å². The van der Waals surface area contributed by atoms with Gasteiger partial charge in [0.05, 0.1) is 19.3 Å². The van der Waals surface area contributed by atoms with Gasteiger partial charge in [0.1, 0.15) is 11.3 Å². The third-order valence-electron chi connectivity index (χ3n) is 4.41. The van der Waals surface area contributed by atoms with E-state index in [0.717, 1.165) is 6.42 Å². The van der Waals surface area contributed by atoms with Crippen molar-refractivity contribution in [3.8, 4) is 0 Å². The molecule has 0 aliphatic carbocycles. The van der Waals surface area contributed by atoms with Gasteiger partial charge in [0.25, 0.3) is 0 Å². The van der Waals surface area contributed by atoms with Crippen molar-refractivity contribution in [2.24, 2.45) is 11.8 Å². The quantitative estimate of drug-likeness (QED) is 0.477. The number of ether oxygens (including phenoxy) is 3. The van der Waals surface area contributed by atoms with Crippen LogP contribution in [0.15, 0.2) is 12.2 Å². The van der Waals surface area contributed by atoms with Crippen LogP contribution in [0.5, 0.6) is 0 Å². The first-order valence-electron chi connectivity index (χ1n) is 9.87. The Morgan fingerprint density at radius 3 is 2.44 bits per heavy atom. The van der Waals surface area contributed by atoms with Crippen LogP contribution in [0, 0.1) is 11.8 Å². The molecule has 0 bridgehead atoms. The standard InChI is InChI=1S/C21H37NO5/c1-9-25-18(23)12-10-11-16(13-15(2)3)17-14-26-21(7,8)22(17)19(24)27-20(4,5)6/h10,12,15-17H,9,11,13-14H2,1-8H3/b12-10+. The number of hydrogen-bond acceptors (Lipinski definition) is 5. The molecule has 1 fully saturated rings. The summed E-state index contributed by atoms with van der Waals surface area (Å²) in [4.78, 5) is 26.2. The Hall–Kier alpha value is -1.56. The fourth-order valence-corrected chi connectivity index (χ4v) is 3.39. The van der Waals surface area contributed by atoms with Crippen molar-refractivity contribution < 1.29 is 23.8 Å². The van der Waals surface area contributed by atoms with Crippen LogP contribution in [0.3, 0.4) is 0 Å². The molecular weight excluding hydrogens is 346 g/mol. The molecule has 27 heavy (non-hydrogen) atoms. The van der Waals surface area contributed by atoms with E-state index in [9.17, 15) is 9.59 Å². The first-order valence-corrected chi connectivity index (χ1v) is 9.87. The van der Waals surface area contributed by atoms with E-state index in [4.69, 9.17) is 14.2 Å². The fraction of sp³-hybridized carbons (Fsp3) is 0.810. The van der Waals surface area contributed by atoms with E-state index in [1.165, 1.54) is 6.08 Å². The molecular formula is C21H37NO5. The maximum Gasteiger partial charge on any atom is 0.412 e. The zero-order chi connectivity index (χ0) is 20.8. The Morgan fingerprint density at radius 2 is 1.93 bits per heavy atom. The summed E-state index contributed by atoms with van der Waals surface area (Å²) in [7, 11) is 0. The van der Waals surface area contributed by atoms with Gasteiger partial charge in [0, 0.05) is 6.08 Å². The van der Waals surface area contributed by atoms with Gasteiger partial charge in [-0.05, 0) is 66.2 Å². The monoisotopic (exact) mass is 383 g/mol. The van der Waals surface area contributed by atoms with Crippen molar-refractivity contribution in [1.29, 1.82) is 0 Å². The summed E-state index contributed by atoms with van der Waals surface area (Å²) in [6.07, 6.45) is 4.52. The van der Waals surface area contributed by atoms with Gasteiger partial charge >= 0.3 is 12.1 Å². The molecule has 1 rings (SSSR count). The van der Waals surface area contributed by atoms with Crippen LogP contribution < -0.4 is 0 Å². The smallest absolute Gasteiger partial charge is 0.412 e. The number of amides is 1. The minimum atomic E-state index is -0.729. The van der Waals surface area contributed by atoms with Crippen LogP contribution in [0.1, 0.15) is 68.2 Å². The number of allylic oxidation sites excluding steroid dienone is 1. The van der Waals surface area contributed by atoms with Crippen molar-refractivity contribution in [3.63, 3.8) is 0 Å². The molecule has 1 aliphatic heterocycles. The highest BCUT2D eigenvalue weighted by Crippen LogP contribution is 2.36. The van der Waals surface area contributed by atoms with Gasteiger partial charge in [-0.25, -0.2) is 9.59 Å². The van der Waals surface area contributed by atoms with E-state index < -0.39 is 11.3 Å². The molecule has 0 N–H and O–H groups in total. The van der Waals surface area contributed by atoms with Gasteiger partial charge in [-0.2, -0.15) is 0 Å². The lowest BCUT2D eigenvalue weighted by Crippen LogP contribution is -2.52. The molecule has 0 aromatic carbocycles. The number of nitrogens with zero attached hydrogens (tertiary/aromatic N) is 1. The second kappa shape index (κ2) is 9.58. The second-order valence-corrected chi connectivity index (χ2v) is 8.96. The Kier molecular flexibility index (Phi) is 8.33. The van der Waals surface area contributed by atoms with Crippen molar-refractivity contribution in [1.82, 2.24) is 4.90 Å². The number of carbonyl (C=O) groups is 2. The number of rotatable bonds is 7. The Morgan fingerprint density at radius 1 is 1.30 bits per heavy atom. The zero-order valence-corrected chi connectivity index (χ0v) is 18.2. The van der Waals surface area contributed by atoms with Gasteiger partial charge < -0.3 is 14.2 Å². The van der Waals surface area contributed by atoms with E-state index in [0.29, 0.717) is 25.6 Å². The summed E-state index contributed by atoms with van der Waals surface area (Å²) in [5, 5.41) is 0. The van der Waals surface area contributed by atoms with E-state index in [-0.39, 0.29) is 24.0 Å². The highest BCUT2D eigenvalue weighted by molar-refractivity contribution is 5.81. The van der Waals surface area contributed by atoms with E-state index in [2.05, 4.69) is 13.8 Å². The van der Waals surface area contributed by atoms with Gasteiger partial charge in [-0.1, -0.05) is 19.9 Å². The number of hydrogen-bond donors (Lipinski definition) is 0. The summed E-state index contributed by atoms with van der Waals surface area (Å²) in [5.74, 6) is 0.271. The molecule has 6 nitrogen and oxygen atoms in total. The molecule has 6 heteroatoms. The lowest BCUT2D eigenvalue weighted by atomic mass is 9.87. The van der Waals surface area contributed by atoms with Crippen molar-refractivity contribution in [2.45, 2.75) is 85.6 Å².